The van der Waals surface area contributed by atoms with Gasteiger partial charge in [-0.2, -0.15) is 0 Å². The average Bonchev–Trinajstić information content (AvgIpc) is 2.68. The number of hydrogen-bond donors (Lipinski definition) is 1. The number of nitrogens with zero attached hydrogens (tertiary/aromatic N) is 1. The van der Waals surface area contributed by atoms with Crippen LogP contribution in [0.4, 0.5) is 8.78 Å². The Morgan fingerprint density at radius 1 is 1.15 bits per heavy atom. The first kappa shape index (κ1) is 19.0. The molecule has 2 aromatic carbocycles. The molecule has 5 nitrogen and oxygen atoms in total. The Morgan fingerprint density at radius 2 is 1.93 bits per heavy atom. The highest BCUT2D eigenvalue weighted by Gasteiger charge is 2.26. The Morgan fingerprint density at radius 3 is 2.67 bits per heavy atom. The Balaban J connectivity index is 1.63. The molecule has 0 aliphatic carbocycles. The second-order valence-corrected chi connectivity index (χ2v) is 6.34. The van der Waals surface area contributed by atoms with E-state index >= 15 is 0 Å². The van der Waals surface area contributed by atoms with Crippen LogP contribution < -0.4 is 0 Å². The van der Waals surface area contributed by atoms with Crippen molar-refractivity contribution in [1.82, 2.24) is 4.90 Å². The lowest BCUT2D eigenvalue weighted by atomic mass is 10.0. The quantitative estimate of drug-likeness (QED) is 0.872. The number of amides is 1. The van der Waals surface area contributed by atoms with Crippen LogP contribution in [0.1, 0.15) is 34.0 Å². The first-order chi connectivity index (χ1) is 13.0. The van der Waals surface area contributed by atoms with Gasteiger partial charge in [-0.3, -0.25) is 4.79 Å². The minimum Gasteiger partial charge on any atom is -0.478 e. The van der Waals surface area contributed by atoms with Gasteiger partial charge in [-0.25, -0.2) is 13.6 Å². The Labute approximate surface area is 155 Å². The van der Waals surface area contributed by atoms with Gasteiger partial charge in [0.25, 0.3) is 0 Å². The zero-order valence-corrected chi connectivity index (χ0v) is 14.5. The van der Waals surface area contributed by atoms with Gasteiger partial charge in [0.1, 0.15) is 6.10 Å². The maximum absolute atomic E-state index is 13.4. The zero-order valence-electron chi connectivity index (χ0n) is 14.5. The van der Waals surface area contributed by atoms with Crippen LogP contribution in [0.25, 0.3) is 0 Å². The van der Waals surface area contributed by atoms with Crippen LogP contribution in [0.5, 0.6) is 0 Å². The topological polar surface area (TPSA) is 66.8 Å². The van der Waals surface area contributed by atoms with Crippen LogP contribution in [-0.4, -0.2) is 41.6 Å². The molecule has 0 bridgehead atoms. The van der Waals surface area contributed by atoms with Crippen molar-refractivity contribution < 1.29 is 28.2 Å². The standard InChI is InChI=1S/C20H19F2NO4/c21-16-7-5-14(11-17(16)22)18-12-23(9-10-27-18)19(24)8-6-13-3-1-2-4-15(13)20(25)26/h1-5,7,11,18H,6,8-10,12H2,(H,25,26). The molecule has 0 aromatic heterocycles. The highest BCUT2D eigenvalue weighted by atomic mass is 19.2. The Kier molecular flexibility index (Phi) is 5.81. The van der Waals surface area contributed by atoms with Gasteiger partial charge < -0.3 is 14.7 Å². The molecule has 1 N–H and O–H groups in total. The zero-order chi connectivity index (χ0) is 19.4. The molecule has 1 aliphatic heterocycles. The molecule has 0 saturated carbocycles. The van der Waals surface area contributed by atoms with Crippen LogP contribution in [-0.2, 0) is 16.0 Å². The molecule has 1 aliphatic rings. The second kappa shape index (κ2) is 8.26. The normalized spacial score (nSPS) is 17.0. The number of carbonyl (C=O) groups excluding carboxylic acids is 1. The molecule has 1 heterocycles. The number of aryl methyl sites for hydroxylation is 1. The number of carboxylic acids is 1. The summed E-state index contributed by atoms with van der Waals surface area (Å²) >= 11 is 0. The van der Waals surface area contributed by atoms with Gasteiger partial charge in [0.05, 0.1) is 18.7 Å². The summed E-state index contributed by atoms with van der Waals surface area (Å²) in [5.74, 6) is -3.04. The lowest BCUT2D eigenvalue weighted by Crippen LogP contribution is -2.42. The smallest absolute Gasteiger partial charge is 0.335 e. The summed E-state index contributed by atoms with van der Waals surface area (Å²) in [6, 6.07) is 10.1. The van der Waals surface area contributed by atoms with Crippen molar-refractivity contribution in [3.8, 4) is 0 Å². The molecule has 1 amide bonds. The molecule has 1 atom stereocenters. The van der Waals surface area contributed by atoms with E-state index in [1.54, 1.807) is 23.1 Å². The summed E-state index contributed by atoms with van der Waals surface area (Å²) in [6.07, 6.45) is -0.0485. The van der Waals surface area contributed by atoms with Gasteiger partial charge in [-0.15, -0.1) is 0 Å². The van der Waals surface area contributed by atoms with Gasteiger partial charge in [-0.1, -0.05) is 24.3 Å². The van der Waals surface area contributed by atoms with Crippen LogP contribution in [0.15, 0.2) is 42.5 Å². The summed E-state index contributed by atoms with van der Waals surface area (Å²) in [5, 5.41) is 9.21. The fourth-order valence-corrected chi connectivity index (χ4v) is 3.14. The van der Waals surface area contributed by atoms with Gasteiger partial charge in [0.2, 0.25) is 5.91 Å². The summed E-state index contributed by atoms with van der Waals surface area (Å²) in [5.41, 5.74) is 1.26. The van der Waals surface area contributed by atoms with Crippen molar-refractivity contribution in [2.45, 2.75) is 18.9 Å². The largest absolute Gasteiger partial charge is 0.478 e. The van der Waals surface area contributed by atoms with Crippen LogP contribution >= 0.6 is 0 Å². The molecule has 7 heteroatoms. The lowest BCUT2D eigenvalue weighted by molar-refractivity contribution is -0.139. The summed E-state index contributed by atoms with van der Waals surface area (Å²) < 4.78 is 32.1. The molecule has 142 valence electrons. The predicted octanol–water partition coefficient (Wildman–Crippen LogP) is 3.20. The van der Waals surface area contributed by atoms with E-state index < -0.39 is 23.7 Å². The minimum atomic E-state index is -1.03. The van der Waals surface area contributed by atoms with E-state index in [0.717, 1.165) is 12.1 Å². The SMILES string of the molecule is O=C(O)c1ccccc1CCC(=O)N1CCOC(c2ccc(F)c(F)c2)C1. The second-order valence-electron chi connectivity index (χ2n) is 6.34. The fraction of sp³-hybridized carbons (Fsp3) is 0.300. The number of benzene rings is 2. The first-order valence-electron chi connectivity index (χ1n) is 8.61. The molecule has 1 fully saturated rings. The third kappa shape index (κ3) is 4.49. The van der Waals surface area contributed by atoms with Gasteiger partial charge in [0, 0.05) is 13.0 Å². The van der Waals surface area contributed by atoms with E-state index in [-0.39, 0.29) is 24.4 Å². The van der Waals surface area contributed by atoms with Gasteiger partial charge >= 0.3 is 5.97 Å². The monoisotopic (exact) mass is 375 g/mol. The fourth-order valence-electron chi connectivity index (χ4n) is 3.14. The van der Waals surface area contributed by atoms with Crippen LogP contribution in [0, 0.1) is 11.6 Å². The lowest BCUT2D eigenvalue weighted by Gasteiger charge is -2.33. The number of ether oxygens (including phenoxy) is 1. The summed E-state index contributed by atoms with van der Waals surface area (Å²) in [7, 11) is 0. The van der Waals surface area contributed by atoms with Gasteiger partial charge in [-0.05, 0) is 35.7 Å². The van der Waals surface area contributed by atoms with Crippen molar-refractivity contribution in [3.63, 3.8) is 0 Å². The van der Waals surface area contributed by atoms with E-state index in [1.165, 1.54) is 12.1 Å². The highest BCUT2D eigenvalue weighted by Crippen LogP contribution is 2.24. The Bertz CT molecular complexity index is 856. The molecule has 1 saturated heterocycles. The molecular weight excluding hydrogens is 356 g/mol. The third-order valence-corrected chi connectivity index (χ3v) is 4.59. The maximum Gasteiger partial charge on any atom is 0.335 e. The Hall–Kier alpha value is -2.80. The number of carboxylic acid groups (broad SMARTS) is 1. The third-order valence-electron chi connectivity index (χ3n) is 4.59. The maximum atomic E-state index is 13.4. The summed E-state index contributed by atoms with van der Waals surface area (Å²) in [4.78, 5) is 25.4. The van der Waals surface area contributed by atoms with Crippen molar-refractivity contribution in [1.29, 1.82) is 0 Å². The van der Waals surface area contributed by atoms with Gasteiger partial charge in [0.15, 0.2) is 11.6 Å². The number of hydrogen-bond acceptors (Lipinski definition) is 3. The highest BCUT2D eigenvalue weighted by molar-refractivity contribution is 5.89. The molecule has 27 heavy (non-hydrogen) atoms. The molecule has 2 aromatic rings. The van der Waals surface area contributed by atoms with Crippen LogP contribution in [0.3, 0.4) is 0 Å². The molecule has 0 spiro atoms. The summed E-state index contributed by atoms with van der Waals surface area (Å²) in [6.45, 7) is 0.936. The van der Waals surface area contributed by atoms with E-state index in [1.807, 2.05) is 0 Å². The van der Waals surface area contributed by atoms with E-state index in [2.05, 4.69) is 0 Å². The number of carbonyl (C=O) groups is 2. The number of halogens is 2. The van der Waals surface area contributed by atoms with E-state index in [9.17, 15) is 23.5 Å². The van der Waals surface area contributed by atoms with Crippen molar-refractivity contribution in [3.05, 3.63) is 70.8 Å². The number of rotatable bonds is 5. The molecule has 1 unspecified atom stereocenters. The number of aromatic carboxylic acids is 1. The van der Waals surface area contributed by atoms with Crippen molar-refractivity contribution >= 4 is 11.9 Å². The average molecular weight is 375 g/mol. The van der Waals surface area contributed by atoms with E-state index in [4.69, 9.17) is 4.74 Å². The molecule has 3 rings (SSSR count). The minimum absolute atomic E-state index is 0.133. The molecule has 0 radical (unpaired) electrons. The van der Waals surface area contributed by atoms with Crippen molar-refractivity contribution in [2.24, 2.45) is 0 Å². The molecular formula is C20H19F2NO4. The predicted molar refractivity (Wildman–Crippen MR) is 93.4 cm³/mol. The van der Waals surface area contributed by atoms with E-state index in [0.29, 0.717) is 30.7 Å². The van der Waals surface area contributed by atoms with Crippen LogP contribution in [0.2, 0.25) is 0 Å². The van der Waals surface area contributed by atoms with Crippen molar-refractivity contribution in [2.75, 3.05) is 19.7 Å². The first-order valence-corrected chi connectivity index (χ1v) is 8.61. The number of morpholine rings is 1.